The number of hydrogen-bond acceptors (Lipinski definition) is 5. The van der Waals surface area contributed by atoms with Crippen LogP contribution in [0.5, 0.6) is 0 Å². The fourth-order valence-electron chi connectivity index (χ4n) is 2.75. The Morgan fingerprint density at radius 1 is 1.18 bits per heavy atom. The summed E-state index contributed by atoms with van der Waals surface area (Å²) in [6.45, 7) is 0.788. The minimum atomic E-state index is -0.376. The lowest BCUT2D eigenvalue weighted by Gasteiger charge is -2.29. The highest BCUT2D eigenvalue weighted by Crippen LogP contribution is 2.34. The van der Waals surface area contributed by atoms with Gasteiger partial charge in [0.25, 0.3) is 5.89 Å². The van der Waals surface area contributed by atoms with Crippen molar-refractivity contribution in [2.75, 3.05) is 6.61 Å². The van der Waals surface area contributed by atoms with Gasteiger partial charge < -0.3 is 15.0 Å². The Hall–Kier alpha value is -0.940. The second-order valence-corrected chi connectivity index (χ2v) is 5.17. The first kappa shape index (κ1) is 11.2. The first-order chi connectivity index (χ1) is 8.28. The molecule has 0 spiro atoms. The molecule has 2 heterocycles. The Kier molecular flexibility index (Phi) is 2.88. The van der Waals surface area contributed by atoms with Gasteiger partial charge in [0.05, 0.1) is 5.54 Å². The van der Waals surface area contributed by atoms with E-state index in [0.717, 1.165) is 45.1 Å². The summed E-state index contributed by atoms with van der Waals surface area (Å²) in [6, 6.07) is 0. The first-order valence-corrected chi connectivity index (χ1v) is 6.52. The van der Waals surface area contributed by atoms with E-state index in [9.17, 15) is 0 Å². The maximum absolute atomic E-state index is 6.37. The van der Waals surface area contributed by atoms with Gasteiger partial charge in [-0.3, -0.25) is 0 Å². The Bertz CT molecular complexity index is 379. The molecule has 0 amide bonds. The third kappa shape index (κ3) is 2.09. The van der Waals surface area contributed by atoms with Crippen molar-refractivity contribution in [2.24, 2.45) is 5.73 Å². The van der Waals surface area contributed by atoms with E-state index in [1.54, 1.807) is 0 Å². The quantitative estimate of drug-likeness (QED) is 0.852. The van der Waals surface area contributed by atoms with E-state index in [-0.39, 0.29) is 11.6 Å². The molecular formula is C12H19N3O2. The summed E-state index contributed by atoms with van der Waals surface area (Å²) in [5.74, 6) is 1.27. The molecule has 5 heteroatoms. The lowest BCUT2D eigenvalue weighted by molar-refractivity contribution is 0.0835. The Morgan fingerprint density at radius 3 is 2.71 bits per heavy atom. The second kappa shape index (κ2) is 4.38. The normalized spacial score (nSPS) is 28.4. The van der Waals surface area contributed by atoms with Gasteiger partial charge in [-0.25, -0.2) is 0 Å². The van der Waals surface area contributed by atoms with Gasteiger partial charge in [0.15, 0.2) is 5.82 Å². The van der Waals surface area contributed by atoms with Gasteiger partial charge in [-0.1, -0.05) is 24.4 Å². The van der Waals surface area contributed by atoms with Crippen molar-refractivity contribution < 1.29 is 9.26 Å². The van der Waals surface area contributed by atoms with Gasteiger partial charge in [0.1, 0.15) is 6.10 Å². The van der Waals surface area contributed by atoms with E-state index >= 15 is 0 Å². The van der Waals surface area contributed by atoms with E-state index in [2.05, 4.69) is 10.1 Å². The van der Waals surface area contributed by atoms with Crippen molar-refractivity contribution in [3.63, 3.8) is 0 Å². The van der Waals surface area contributed by atoms with Crippen LogP contribution in [0.1, 0.15) is 62.8 Å². The second-order valence-electron chi connectivity index (χ2n) is 5.17. The predicted octanol–water partition coefficient (Wildman–Crippen LogP) is 2.04. The van der Waals surface area contributed by atoms with Crippen molar-refractivity contribution in [3.05, 3.63) is 11.7 Å². The van der Waals surface area contributed by atoms with Crippen LogP contribution in [-0.2, 0) is 10.3 Å². The lowest BCUT2D eigenvalue weighted by atomic mass is 9.82. The highest BCUT2D eigenvalue weighted by Gasteiger charge is 2.35. The Labute approximate surface area is 101 Å². The maximum Gasteiger partial charge on any atom is 0.255 e. The number of ether oxygens (including phenoxy) is 1. The lowest BCUT2D eigenvalue weighted by Crippen LogP contribution is -2.39. The topological polar surface area (TPSA) is 74.2 Å². The molecule has 2 aliphatic rings. The molecule has 1 saturated carbocycles. The van der Waals surface area contributed by atoms with Crippen molar-refractivity contribution in [1.29, 1.82) is 0 Å². The fraction of sp³-hybridized carbons (Fsp3) is 0.833. The highest BCUT2D eigenvalue weighted by molar-refractivity contribution is 5.06. The molecule has 2 fully saturated rings. The van der Waals surface area contributed by atoms with Crippen molar-refractivity contribution in [2.45, 2.75) is 56.6 Å². The molecule has 1 aliphatic heterocycles. The molecule has 1 saturated heterocycles. The highest BCUT2D eigenvalue weighted by atomic mass is 16.5. The monoisotopic (exact) mass is 237 g/mol. The van der Waals surface area contributed by atoms with Crippen LogP contribution in [0.3, 0.4) is 0 Å². The van der Waals surface area contributed by atoms with Crippen molar-refractivity contribution in [3.8, 4) is 0 Å². The van der Waals surface area contributed by atoms with E-state index in [1.165, 1.54) is 6.42 Å². The summed E-state index contributed by atoms with van der Waals surface area (Å²) < 4.78 is 10.8. The largest absolute Gasteiger partial charge is 0.368 e. The van der Waals surface area contributed by atoms with Crippen LogP contribution in [-0.4, -0.2) is 16.7 Å². The predicted molar refractivity (Wildman–Crippen MR) is 61.2 cm³/mol. The summed E-state index contributed by atoms with van der Waals surface area (Å²) in [5.41, 5.74) is 5.99. The zero-order chi connectivity index (χ0) is 11.7. The van der Waals surface area contributed by atoms with Gasteiger partial charge in [-0.05, 0) is 25.7 Å². The summed E-state index contributed by atoms with van der Waals surface area (Å²) in [5, 5.41) is 4.07. The Morgan fingerprint density at radius 2 is 2.00 bits per heavy atom. The molecule has 2 N–H and O–H groups in total. The van der Waals surface area contributed by atoms with Crippen LogP contribution < -0.4 is 5.73 Å². The molecule has 94 valence electrons. The fourth-order valence-corrected chi connectivity index (χ4v) is 2.75. The van der Waals surface area contributed by atoms with E-state index in [1.807, 2.05) is 0 Å². The van der Waals surface area contributed by atoms with E-state index < -0.39 is 0 Å². The van der Waals surface area contributed by atoms with Gasteiger partial charge >= 0.3 is 0 Å². The minimum Gasteiger partial charge on any atom is -0.368 e. The number of hydrogen-bond donors (Lipinski definition) is 1. The molecule has 0 bridgehead atoms. The summed E-state index contributed by atoms with van der Waals surface area (Å²) in [4.78, 5) is 4.46. The van der Waals surface area contributed by atoms with Gasteiger partial charge in [-0.15, -0.1) is 0 Å². The molecule has 1 unspecified atom stereocenters. The summed E-state index contributed by atoms with van der Waals surface area (Å²) in [7, 11) is 0. The third-order valence-electron chi connectivity index (χ3n) is 3.84. The van der Waals surface area contributed by atoms with Gasteiger partial charge in [0, 0.05) is 6.61 Å². The van der Waals surface area contributed by atoms with Crippen LogP contribution in [0.2, 0.25) is 0 Å². The number of rotatable bonds is 2. The zero-order valence-electron chi connectivity index (χ0n) is 10.0. The molecule has 1 aromatic heterocycles. The first-order valence-electron chi connectivity index (χ1n) is 6.52. The van der Waals surface area contributed by atoms with E-state index in [0.29, 0.717) is 11.7 Å². The van der Waals surface area contributed by atoms with Crippen LogP contribution in [0.15, 0.2) is 4.52 Å². The van der Waals surface area contributed by atoms with Crippen molar-refractivity contribution >= 4 is 0 Å². The Balaban J connectivity index is 1.78. The van der Waals surface area contributed by atoms with Crippen LogP contribution in [0.25, 0.3) is 0 Å². The SMILES string of the molecule is NC1(c2noc(C3CCCO3)n2)CCCCC1. The zero-order valence-corrected chi connectivity index (χ0v) is 10.0. The summed E-state index contributed by atoms with van der Waals surface area (Å²) >= 11 is 0. The number of aromatic nitrogens is 2. The molecule has 0 radical (unpaired) electrons. The molecule has 5 nitrogen and oxygen atoms in total. The average molecular weight is 237 g/mol. The van der Waals surface area contributed by atoms with Gasteiger partial charge in [0.2, 0.25) is 0 Å². The van der Waals surface area contributed by atoms with Crippen LogP contribution in [0.4, 0.5) is 0 Å². The average Bonchev–Trinajstić information content (AvgIpc) is 3.01. The molecular weight excluding hydrogens is 218 g/mol. The summed E-state index contributed by atoms with van der Waals surface area (Å²) in [6.07, 6.45) is 7.50. The molecule has 1 atom stereocenters. The number of nitrogens with two attached hydrogens (primary N) is 1. The van der Waals surface area contributed by atoms with E-state index in [4.69, 9.17) is 15.0 Å². The molecule has 3 rings (SSSR count). The van der Waals surface area contributed by atoms with Gasteiger partial charge in [-0.2, -0.15) is 4.98 Å². The smallest absolute Gasteiger partial charge is 0.255 e. The number of nitrogens with zero attached hydrogens (tertiary/aromatic N) is 2. The standard InChI is InChI=1S/C12H19N3O2/c13-12(6-2-1-3-7-12)11-14-10(17-15-11)9-5-4-8-16-9/h9H,1-8,13H2. The van der Waals surface area contributed by atoms with Crippen molar-refractivity contribution in [1.82, 2.24) is 10.1 Å². The third-order valence-corrected chi connectivity index (χ3v) is 3.84. The molecule has 1 aromatic rings. The minimum absolute atomic E-state index is 0.0107. The van der Waals surface area contributed by atoms with Crippen LogP contribution >= 0.6 is 0 Å². The molecule has 17 heavy (non-hydrogen) atoms. The maximum atomic E-state index is 6.37. The van der Waals surface area contributed by atoms with Crippen LogP contribution in [0, 0.1) is 0 Å². The molecule has 1 aliphatic carbocycles. The molecule has 0 aromatic carbocycles.